The number of fused-ring (bicyclic) bond motifs is 1. The van der Waals surface area contributed by atoms with E-state index in [0.717, 1.165) is 24.6 Å². The molecule has 4 heteroatoms. The number of rotatable bonds is 2. The number of nitrogens with zero attached hydrogens (tertiary/aromatic N) is 3. The van der Waals surface area contributed by atoms with Gasteiger partial charge in [-0.15, -0.1) is 0 Å². The van der Waals surface area contributed by atoms with Gasteiger partial charge in [0.25, 0.3) is 0 Å². The summed E-state index contributed by atoms with van der Waals surface area (Å²) in [4.78, 5) is 11.1. The molecule has 0 amide bonds. The first-order valence-electron chi connectivity index (χ1n) is 6.55. The highest BCUT2D eigenvalue weighted by atomic mass is 35.5. The lowest BCUT2D eigenvalue weighted by atomic mass is 10.2. The second kappa shape index (κ2) is 4.82. The Labute approximate surface area is 118 Å². The van der Waals surface area contributed by atoms with Gasteiger partial charge in [0.15, 0.2) is 0 Å². The Bertz CT molecular complexity index is 610. The van der Waals surface area contributed by atoms with E-state index in [1.54, 1.807) is 0 Å². The van der Waals surface area contributed by atoms with Gasteiger partial charge < -0.3 is 4.90 Å². The average molecular weight is 274 g/mol. The lowest BCUT2D eigenvalue weighted by Gasteiger charge is -2.19. The zero-order valence-electron chi connectivity index (χ0n) is 11.1. The summed E-state index contributed by atoms with van der Waals surface area (Å²) in [5.41, 5.74) is 2.59. The van der Waals surface area contributed by atoms with Gasteiger partial charge in [-0.25, -0.2) is 9.97 Å². The van der Waals surface area contributed by atoms with E-state index in [4.69, 9.17) is 11.6 Å². The molecule has 0 N–H and O–H groups in total. The summed E-state index contributed by atoms with van der Waals surface area (Å²) >= 11 is 6.12. The van der Waals surface area contributed by atoms with Crippen molar-refractivity contribution in [3.8, 4) is 0 Å². The summed E-state index contributed by atoms with van der Waals surface area (Å²) in [5, 5.41) is 0.512. The highest BCUT2D eigenvalue weighted by molar-refractivity contribution is 6.29. The van der Waals surface area contributed by atoms with Crippen LogP contribution in [0.5, 0.6) is 0 Å². The predicted octanol–water partition coefficient (Wildman–Crippen LogP) is 3.95. The largest absolute Gasteiger partial charge is 0.326 e. The van der Waals surface area contributed by atoms with Crippen LogP contribution in [0, 0.1) is 0 Å². The third-order valence-electron chi connectivity index (χ3n) is 3.38. The molecule has 2 heterocycles. The molecule has 0 saturated heterocycles. The number of halogens is 1. The van der Waals surface area contributed by atoms with Crippen LogP contribution in [0.1, 0.15) is 31.2 Å². The molecule has 1 aliphatic rings. The number of aromatic nitrogens is 2. The molecule has 0 bridgehead atoms. The lowest BCUT2D eigenvalue weighted by molar-refractivity contribution is 0.769. The van der Waals surface area contributed by atoms with Crippen LogP contribution < -0.4 is 4.90 Å². The third-order valence-corrected chi connectivity index (χ3v) is 3.57. The summed E-state index contributed by atoms with van der Waals surface area (Å²) in [5.74, 6) is 1.97. The summed E-state index contributed by atoms with van der Waals surface area (Å²) in [7, 11) is 0. The number of para-hydroxylation sites is 1. The second-order valence-corrected chi connectivity index (χ2v) is 5.48. The molecule has 0 radical (unpaired) electrons. The second-order valence-electron chi connectivity index (χ2n) is 5.09. The number of hydrogen-bond acceptors (Lipinski definition) is 3. The predicted molar refractivity (Wildman–Crippen MR) is 78.3 cm³/mol. The maximum absolute atomic E-state index is 6.12. The van der Waals surface area contributed by atoms with Crippen molar-refractivity contribution in [3.63, 3.8) is 0 Å². The summed E-state index contributed by atoms with van der Waals surface area (Å²) in [6.45, 7) is 5.10. The average Bonchev–Trinajstić information content (AvgIpc) is 2.81. The van der Waals surface area contributed by atoms with Crippen molar-refractivity contribution in [1.29, 1.82) is 0 Å². The van der Waals surface area contributed by atoms with Crippen molar-refractivity contribution in [2.24, 2.45) is 0 Å². The molecule has 19 heavy (non-hydrogen) atoms. The maximum Gasteiger partial charge on any atom is 0.138 e. The molecule has 0 spiro atoms. The van der Waals surface area contributed by atoms with Crippen LogP contribution in [-0.2, 0) is 6.42 Å². The van der Waals surface area contributed by atoms with E-state index in [2.05, 4.69) is 53.0 Å². The molecular weight excluding hydrogens is 258 g/mol. The van der Waals surface area contributed by atoms with E-state index in [0.29, 0.717) is 5.15 Å². The molecule has 1 aromatic carbocycles. The van der Waals surface area contributed by atoms with E-state index in [-0.39, 0.29) is 5.92 Å². The fourth-order valence-electron chi connectivity index (χ4n) is 2.40. The van der Waals surface area contributed by atoms with E-state index in [9.17, 15) is 0 Å². The van der Waals surface area contributed by atoms with Crippen LogP contribution in [-0.4, -0.2) is 16.5 Å². The quantitative estimate of drug-likeness (QED) is 0.776. The maximum atomic E-state index is 6.12. The minimum Gasteiger partial charge on any atom is -0.326 e. The normalized spacial score (nSPS) is 14.0. The van der Waals surface area contributed by atoms with E-state index in [1.807, 2.05) is 6.07 Å². The molecule has 3 nitrogen and oxygen atoms in total. The fraction of sp³-hybridized carbons (Fsp3) is 0.333. The Hall–Kier alpha value is -1.61. The van der Waals surface area contributed by atoms with Crippen molar-refractivity contribution >= 4 is 23.1 Å². The topological polar surface area (TPSA) is 29.0 Å². The van der Waals surface area contributed by atoms with Crippen LogP contribution in [0.15, 0.2) is 30.3 Å². The van der Waals surface area contributed by atoms with Crippen molar-refractivity contribution in [1.82, 2.24) is 9.97 Å². The molecule has 0 saturated carbocycles. The van der Waals surface area contributed by atoms with Crippen LogP contribution in [0.4, 0.5) is 11.5 Å². The SMILES string of the molecule is CC(C)c1nc(Cl)cc(N2CCc3ccccc32)n1. The highest BCUT2D eigenvalue weighted by Crippen LogP contribution is 2.34. The monoisotopic (exact) mass is 273 g/mol. The first-order valence-corrected chi connectivity index (χ1v) is 6.93. The lowest BCUT2D eigenvalue weighted by Crippen LogP contribution is -2.16. The molecule has 0 unspecified atom stereocenters. The zero-order chi connectivity index (χ0) is 13.4. The molecule has 0 aliphatic carbocycles. The van der Waals surface area contributed by atoms with Crippen molar-refractivity contribution in [3.05, 3.63) is 46.9 Å². The fourth-order valence-corrected chi connectivity index (χ4v) is 2.58. The smallest absolute Gasteiger partial charge is 0.138 e. The molecule has 0 atom stereocenters. The Morgan fingerprint density at radius 2 is 2.00 bits per heavy atom. The Morgan fingerprint density at radius 3 is 2.79 bits per heavy atom. The van der Waals surface area contributed by atoms with Gasteiger partial charge in [-0.1, -0.05) is 43.6 Å². The van der Waals surface area contributed by atoms with Crippen LogP contribution in [0.25, 0.3) is 0 Å². The van der Waals surface area contributed by atoms with E-state index >= 15 is 0 Å². The van der Waals surface area contributed by atoms with Gasteiger partial charge >= 0.3 is 0 Å². The zero-order valence-corrected chi connectivity index (χ0v) is 11.9. The molecule has 1 aromatic heterocycles. The summed E-state index contributed by atoms with van der Waals surface area (Å²) in [6, 6.07) is 10.3. The molecule has 3 rings (SSSR count). The molecule has 0 fully saturated rings. The summed E-state index contributed by atoms with van der Waals surface area (Å²) in [6.07, 6.45) is 1.05. The third kappa shape index (κ3) is 2.30. The van der Waals surface area contributed by atoms with E-state index in [1.165, 1.54) is 11.3 Å². The molecule has 1 aliphatic heterocycles. The first-order chi connectivity index (χ1) is 9.15. The number of benzene rings is 1. The van der Waals surface area contributed by atoms with Gasteiger partial charge in [-0.05, 0) is 18.1 Å². The van der Waals surface area contributed by atoms with Gasteiger partial charge in [-0.2, -0.15) is 0 Å². The van der Waals surface area contributed by atoms with Crippen LogP contribution >= 0.6 is 11.6 Å². The number of anilines is 2. The standard InChI is InChI=1S/C15H16ClN3/c1-10(2)15-17-13(16)9-14(18-15)19-8-7-11-5-3-4-6-12(11)19/h3-6,9-10H,7-8H2,1-2H3. The minimum atomic E-state index is 0.273. The Balaban J connectivity index is 2.04. The van der Waals surface area contributed by atoms with Crippen molar-refractivity contribution in [2.45, 2.75) is 26.2 Å². The number of hydrogen-bond donors (Lipinski definition) is 0. The molecule has 2 aromatic rings. The minimum absolute atomic E-state index is 0.273. The van der Waals surface area contributed by atoms with Crippen molar-refractivity contribution < 1.29 is 0 Å². The Morgan fingerprint density at radius 1 is 1.21 bits per heavy atom. The van der Waals surface area contributed by atoms with Gasteiger partial charge in [-0.3, -0.25) is 0 Å². The van der Waals surface area contributed by atoms with Gasteiger partial charge in [0, 0.05) is 24.2 Å². The molecular formula is C15H16ClN3. The van der Waals surface area contributed by atoms with Gasteiger partial charge in [0.1, 0.15) is 16.8 Å². The molecule has 98 valence electrons. The summed E-state index contributed by atoms with van der Waals surface area (Å²) < 4.78 is 0. The first kappa shape index (κ1) is 12.4. The van der Waals surface area contributed by atoms with Crippen molar-refractivity contribution in [2.75, 3.05) is 11.4 Å². The van der Waals surface area contributed by atoms with Gasteiger partial charge in [0.05, 0.1) is 0 Å². The van der Waals surface area contributed by atoms with E-state index < -0.39 is 0 Å². The Kier molecular flexibility index (Phi) is 3.15. The van der Waals surface area contributed by atoms with Gasteiger partial charge in [0.2, 0.25) is 0 Å². The van der Waals surface area contributed by atoms with Crippen LogP contribution in [0.3, 0.4) is 0 Å². The van der Waals surface area contributed by atoms with Crippen LogP contribution in [0.2, 0.25) is 5.15 Å². The highest BCUT2D eigenvalue weighted by Gasteiger charge is 2.22.